The van der Waals surface area contributed by atoms with E-state index in [1.165, 1.54) is 0 Å². The number of nitrogens with two attached hydrogens (primary N) is 1. The lowest BCUT2D eigenvalue weighted by Crippen LogP contribution is -2.07. The zero-order valence-electron chi connectivity index (χ0n) is 8.87. The molecule has 5 heteroatoms. The lowest BCUT2D eigenvalue weighted by molar-refractivity contribution is 0.886. The molecule has 0 radical (unpaired) electrons. The summed E-state index contributed by atoms with van der Waals surface area (Å²) in [4.78, 5) is 0. The van der Waals surface area contributed by atoms with Crippen molar-refractivity contribution >= 4 is 23.1 Å². The molecule has 16 heavy (non-hydrogen) atoms. The molecule has 0 spiro atoms. The number of nitrogens with one attached hydrogen (secondary N) is 2. The Morgan fingerprint density at radius 2 is 2.06 bits per heavy atom. The van der Waals surface area contributed by atoms with Gasteiger partial charge in [0.2, 0.25) is 0 Å². The Kier molecular flexibility index (Phi) is 3.01. The molecular weight excluding hydrogens is 224 g/mol. The van der Waals surface area contributed by atoms with E-state index >= 15 is 0 Å². The maximum atomic E-state index is 5.83. The fraction of sp³-hybridized carbons (Fsp3) is 0.182. The molecule has 1 atom stereocenters. The van der Waals surface area contributed by atoms with Crippen LogP contribution in [0.5, 0.6) is 0 Å². The number of hydrogen-bond acceptors (Lipinski definition) is 3. The predicted octanol–water partition coefficient (Wildman–Crippen LogP) is 2.82. The molecule has 0 aliphatic rings. The second-order valence-corrected chi connectivity index (χ2v) is 4.05. The maximum Gasteiger partial charge on any atom is 0.142 e. The van der Waals surface area contributed by atoms with Crippen LogP contribution in [0.15, 0.2) is 30.5 Å². The lowest BCUT2D eigenvalue weighted by Gasteiger charge is -2.14. The number of H-pyrrole nitrogens is 1. The summed E-state index contributed by atoms with van der Waals surface area (Å²) >= 11 is 5.83. The van der Waals surface area contributed by atoms with Gasteiger partial charge in [0.15, 0.2) is 0 Å². The molecule has 2 rings (SSSR count). The van der Waals surface area contributed by atoms with Crippen LogP contribution in [-0.4, -0.2) is 10.2 Å². The molecule has 1 aromatic heterocycles. The number of hydrogen-bond donors (Lipinski definition) is 3. The third-order valence-corrected chi connectivity index (χ3v) is 2.66. The highest BCUT2D eigenvalue weighted by Crippen LogP contribution is 2.22. The molecule has 1 aromatic carbocycles. The second kappa shape index (κ2) is 4.45. The minimum absolute atomic E-state index is 0.150. The third-order valence-electron chi connectivity index (χ3n) is 2.41. The Morgan fingerprint density at radius 3 is 2.62 bits per heavy atom. The topological polar surface area (TPSA) is 66.7 Å². The monoisotopic (exact) mass is 236 g/mol. The molecule has 4 N–H and O–H groups in total. The van der Waals surface area contributed by atoms with E-state index in [0.717, 1.165) is 16.3 Å². The van der Waals surface area contributed by atoms with Crippen LogP contribution in [0.25, 0.3) is 0 Å². The average Bonchev–Trinajstić information content (AvgIpc) is 2.65. The largest absolute Gasteiger partial charge is 0.382 e. The number of anilines is 2. The van der Waals surface area contributed by atoms with Gasteiger partial charge in [-0.1, -0.05) is 23.7 Å². The molecule has 1 heterocycles. The van der Waals surface area contributed by atoms with Gasteiger partial charge in [0.1, 0.15) is 5.82 Å². The van der Waals surface area contributed by atoms with Crippen molar-refractivity contribution in [3.05, 3.63) is 41.0 Å². The minimum Gasteiger partial charge on any atom is -0.382 e. The van der Waals surface area contributed by atoms with Crippen LogP contribution in [0.2, 0.25) is 5.02 Å². The van der Waals surface area contributed by atoms with Gasteiger partial charge in [0.25, 0.3) is 0 Å². The van der Waals surface area contributed by atoms with Crippen molar-refractivity contribution in [2.24, 2.45) is 0 Å². The molecule has 0 saturated heterocycles. The number of benzene rings is 1. The first-order valence-electron chi connectivity index (χ1n) is 4.97. The summed E-state index contributed by atoms with van der Waals surface area (Å²) in [5.74, 6) is 0.542. The summed E-state index contributed by atoms with van der Waals surface area (Å²) < 4.78 is 0. The van der Waals surface area contributed by atoms with Crippen LogP contribution in [0, 0.1) is 0 Å². The Bertz CT molecular complexity index is 463. The second-order valence-electron chi connectivity index (χ2n) is 3.61. The molecule has 0 aliphatic carbocycles. The summed E-state index contributed by atoms with van der Waals surface area (Å²) in [5, 5.41) is 10.5. The van der Waals surface area contributed by atoms with Crippen LogP contribution >= 0.6 is 11.6 Å². The summed E-state index contributed by atoms with van der Waals surface area (Å²) in [6, 6.07) is 7.85. The van der Waals surface area contributed by atoms with Gasteiger partial charge in [0.05, 0.1) is 11.9 Å². The van der Waals surface area contributed by atoms with E-state index in [1.807, 2.05) is 24.3 Å². The van der Waals surface area contributed by atoms with Crippen molar-refractivity contribution in [3.63, 3.8) is 0 Å². The smallest absolute Gasteiger partial charge is 0.142 e. The SMILES string of the molecule is CC(Nc1cn[nH]c1N)c1ccc(Cl)cc1. The van der Waals surface area contributed by atoms with E-state index in [9.17, 15) is 0 Å². The first-order chi connectivity index (χ1) is 7.66. The number of aromatic nitrogens is 2. The van der Waals surface area contributed by atoms with Crippen molar-refractivity contribution < 1.29 is 0 Å². The van der Waals surface area contributed by atoms with Gasteiger partial charge in [-0.25, -0.2) is 0 Å². The van der Waals surface area contributed by atoms with E-state index < -0.39 is 0 Å². The molecule has 0 fully saturated rings. The zero-order chi connectivity index (χ0) is 11.5. The Morgan fingerprint density at radius 1 is 1.38 bits per heavy atom. The van der Waals surface area contributed by atoms with Crippen molar-refractivity contribution in [1.29, 1.82) is 0 Å². The Balaban J connectivity index is 2.11. The molecule has 0 aliphatic heterocycles. The highest BCUT2D eigenvalue weighted by molar-refractivity contribution is 6.30. The van der Waals surface area contributed by atoms with E-state index in [0.29, 0.717) is 5.82 Å². The quantitative estimate of drug-likeness (QED) is 0.768. The number of aromatic amines is 1. The fourth-order valence-electron chi connectivity index (χ4n) is 1.48. The van der Waals surface area contributed by atoms with Gasteiger partial charge >= 0.3 is 0 Å². The summed E-state index contributed by atoms with van der Waals surface area (Å²) in [6.07, 6.45) is 1.67. The van der Waals surface area contributed by atoms with Gasteiger partial charge < -0.3 is 11.1 Å². The van der Waals surface area contributed by atoms with Crippen LogP contribution in [-0.2, 0) is 0 Å². The van der Waals surface area contributed by atoms with Crippen molar-refractivity contribution in [2.75, 3.05) is 11.1 Å². The van der Waals surface area contributed by atoms with Crippen LogP contribution < -0.4 is 11.1 Å². The number of rotatable bonds is 3. The molecule has 0 bridgehead atoms. The van der Waals surface area contributed by atoms with E-state index in [-0.39, 0.29) is 6.04 Å². The van der Waals surface area contributed by atoms with Gasteiger partial charge in [-0.3, -0.25) is 5.10 Å². The predicted molar refractivity (Wildman–Crippen MR) is 66.5 cm³/mol. The number of nitrogen functional groups attached to an aromatic ring is 1. The van der Waals surface area contributed by atoms with Crippen molar-refractivity contribution in [2.45, 2.75) is 13.0 Å². The highest BCUT2D eigenvalue weighted by atomic mass is 35.5. The zero-order valence-corrected chi connectivity index (χ0v) is 9.62. The molecular formula is C11H13ClN4. The normalized spacial score (nSPS) is 12.4. The highest BCUT2D eigenvalue weighted by Gasteiger charge is 2.07. The molecule has 4 nitrogen and oxygen atoms in total. The molecule has 2 aromatic rings. The first kappa shape index (κ1) is 10.8. The molecule has 1 unspecified atom stereocenters. The van der Waals surface area contributed by atoms with Crippen LogP contribution in [0.1, 0.15) is 18.5 Å². The average molecular weight is 237 g/mol. The van der Waals surface area contributed by atoms with E-state index in [2.05, 4.69) is 22.4 Å². The lowest BCUT2D eigenvalue weighted by atomic mass is 10.1. The standard InChI is InChI=1S/C11H13ClN4/c1-7(8-2-4-9(12)5-3-8)15-10-6-14-16-11(10)13/h2-7,15H,1H3,(H3,13,14,16). The van der Waals surface area contributed by atoms with Crippen molar-refractivity contribution in [3.8, 4) is 0 Å². The fourth-order valence-corrected chi connectivity index (χ4v) is 1.61. The van der Waals surface area contributed by atoms with Crippen molar-refractivity contribution in [1.82, 2.24) is 10.2 Å². The summed E-state index contributed by atoms with van der Waals surface area (Å²) in [5.41, 5.74) is 7.64. The summed E-state index contributed by atoms with van der Waals surface area (Å²) in [6.45, 7) is 2.05. The van der Waals surface area contributed by atoms with Gasteiger partial charge in [-0.2, -0.15) is 5.10 Å². The van der Waals surface area contributed by atoms with Gasteiger partial charge in [0, 0.05) is 11.1 Å². The molecule has 84 valence electrons. The Hall–Kier alpha value is -1.68. The van der Waals surface area contributed by atoms with E-state index in [1.54, 1.807) is 6.20 Å². The summed E-state index contributed by atoms with van der Waals surface area (Å²) in [7, 11) is 0. The van der Waals surface area contributed by atoms with E-state index in [4.69, 9.17) is 17.3 Å². The number of halogens is 1. The maximum absolute atomic E-state index is 5.83. The third kappa shape index (κ3) is 2.28. The molecule has 0 amide bonds. The first-order valence-corrected chi connectivity index (χ1v) is 5.35. The van der Waals surface area contributed by atoms with Crippen LogP contribution in [0.4, 0.5) is 11.5 Å². The van der Waals surface area contributed by atoms with Gasteiger partial charge in [-0.05, 0) is 24.6 Å². The van der Waals surface area contributed by atoms with Crippen LogP contribution in [0.3, 0.4) is 0 Å². The minimum atomic E-state index is 0.150. The Labute approximate surface area is 98.8 Å². The van der Waals surface area contributed by atoms with Gasteiger partial charge in [-0.15, -0.1) is 0 Å². The molecule has 0 saturated carbocycles. The number of nitrogens with zero attached hydrogens (tertiary/aromatic N) is 1.